The Kier molecular flexibility index (Phi) is 12.4. The highest BCUT2D eigenvalue weighted by Gasteiger charge is 2.11. The number of nitrogens with one attached hydrogen (secondary N) is 2. The van der Waals surface area contributed by atoms with Gasteiger partial charge in [-0.25, -0.2) is 0 Å². The van der Waals surface area contributed by atoms with Crippen molar-refractivity contribution in [2.24, 2.45) is 0 Å². The predicted molar refractivity (Wildman–Crippen MR) is 152 cm³/mol. The Labute approximate surface area is 233 Å². The van der Waals surface area contributed by atoms with Gasteiger partial charge in [-0.1, -0.05) is 24.3 Å². The highest BCUT2D eigenvalue weighted by molar-refractivity contribution is 6.07. The lowest BCUT2D eigenvalue weighted by Gasteiger charge is -2.14. The molecule has 0 aliphatic heterocycles. The summed E-state index contributed by atoms with van der Waals surface area (Å²) in [4.78, 5) is 68.6. The fourth-order valence-corrected chi connectivity index (χ4v) is 3.53. The van der Waals surface area contributed by atoms with Crippen LogP contribution in [0.2, 0.25) is 0 Å². The van der Waals surface area contributed by atoms with E-state index < -0.39 is 0 Å². The number of likely N-dealkylation sites (N-methyl/N-ethyl adjacent to an activating group) is 1. The standard InChI is InChI=1S/C29H30N4O5.CH2O/c1-21(36)32(2)17-15-22-3-11-26(12-4-22)30-28(37)24-7-9-25(10-8-24)29(38)31-27-13-5-23(6-14-27)16-18-33(19-34)20-35;1-2/h3-14,19-20H,15-18H2,1-2H3,(H,30,37)(H,31,38);1H2. The van der Waals surface area contributed by atoms with Crippen molar-refractivity contribution in [1.29, 1.82) is 0 Å². The lowest BCUT2D eigenvalue weighted by atomic mass is 10.1. The third-order valence-corrected chi connectivity index (χ3v) is 6.04. The molecule has 0 saturated carbocycles. The lowest BCUT2D eigenvalue weighted by molar-refractivity contribution is -0.129. The fraction of sp³-hybridized carbons (Fsp3) is 0.200. The fourth-order valence-electron chi connectivity index (χ4n) is 3.53. The Morgan fingerprint density at radius 2 is 1.05 bits per heavy atom. The van der Waals surface area contributed by atoms with E-state index in [1.807, 2.05) is 43.2 Å². The highest BCUT2D eigenvalue weighted by Crippen LogP contribution is 2.15. The van der Waals surface area contributed by atoms with Gasteiger partial charge in [-0.2, -0.15) is 0 Å². The summed E-state index contributed by atoms with van der Waals surface area (Å²) in [6.07, 6.45) is 2.19. The largest absolute Gasteiger partial charge is 0.346 e. The van der Waals surface area contributed by atoms with Gasteiger partial charge in [0.05, 0.1) is 0 Å². The van der Waals surface area contributed by atoms with E-state index >= 15 is 0 Å². The maximum Gasteiger partial charge on any atom is 0.255 e. The molecule has 10 heteroatoms. The van der Waals surface area contributed by atoms with Crippen LogP contribution in [0.15, 0.2) is 72.8 Å². The monoisotopic (exact) mass is 544 g/mol. The molecule has 3 aromatic carbocycles. The Morgan fingerprint density at radius 3 is 1.40 bits per heavy atom. The van der Waals surface area contributed by atoms with Crippen LogP contribution in [0.3, 0.4) is 0 Å². The van der Waals surface area contributed by atoms with Gasteiger partial charge in [-0.05, 0) is 72.5 Å². The molecule has 0 radical (unpaired) electrons. The summed E-state index contributed by atoms with van der Waals surface area (Å²) in [5.74, 6) is -0.591. The Hall–Kier alpha value is -5.12. The summed E-state index contributed by atoms with van der Waals surface area (Å²) < 4.78 is 0. The predicted octanol–water partition coefficient (Wildman–Crippen LogP) is 3.18. The average molecular weight is 545 g/mol. The molecule has 0 spiro atoms. The van der Waals surface area contributed by atoms with Gasteiger partial charge >= 0.3 is 0 Å². The minimum absolute atomic E-state index is 0.0174. The summed E-state index contributed by atoms with van der Waals surface area (Å²) in [6.45, 7) is 4.43. The molecule has 0 unspecified atom stereocenters. The van der Waals surface area contributed by atoms with E-state index in [1.165, 1.54) is 6.92 Å². The zero-order valence-corrected chi connectivity index (χ0v) is 22.5. The third-order valence-electron chi connectivity index (χ3n) is 6.04. The van der Waals surface area contributed by atoms with Gasteiger partial charge in [0.25, 0.3) is 11.8 Å². The molecule has 10 nitrogen and oxygen atoms in total. The second kappa shape index (κ2) is 16.0. The van der Waals surface area contributed by atoms with Crippen LogP contribution >= 0.6 is 0 Å². The first kappa shape index (κ1) is 31.1. The number of benzene rings is 3. The molecular weight excluding hydrogens is 512 g/mol. The van der Waals surface area contributed by atoms with E-state index in [1.54, 1.807) is 48.3 Å². The number of amides is 5. The van der Waals surface area contributed by atoms with Crippen molar-refractivity contribution in [2.75, 3.05) is 30.8 Å². The smallest absolute Gasteiger partial charge is 0.255 e. The van der Waals surface area contributed by atoms with Gasteiger partial charge in [0.1, 0.15) is 6.79 Å². The minimum Gasteiger partial charge on any atom is -0.346 e. The van der Waals surface area contributed by atoms with Crippen LogP contribution in [0.25, 0.3) is 0 Å². The van der Waals surface area contributed by atoms with Gasteiger partial charge in [0.15, 0.2) is 0 Å². The first-order valence-electron chi connectivity index (χ1n) is 12.4. The van der Waals surface area contributed by atoms with Crippen LogP contribution in [0.4, 0.5) is 11.4 Å². The first-order valence-corrected chi connectivity index (χ1v) is 12.4. The topological polar surface area (TPSA) is 133 Å². The van der Waals surface area contributed by atoms with Crippen molar-refractivity contribution in [3.05, 3.63) is 95.1 Å². The number of nitrogens with zero attached hydrogens (tertiary/aromatic N) is 2. The molecule has 3 rings (SSSR count). The van der Waals surface area contributed by atoms with E-state index in [0.29, 0.717) is 48.3 Å². The van der Waals surface area contributed by atoms with Gasteiger partial charge in [-0.15, -0.1) is 0 Å². The molecule has 5 amide bonds. The van der Waals surface area contributed by atoms with Gasteiger partial charge in [-0.3, -0.25) is 28.9 Å². The molecule has 40 heavy (non-hydrogen) atoms. The SMILES string of the molecule is C=O.CC(=O)N(C)CCc1ccc(NC(=O)c2ccc(C(=O)Nc3ccc(CCN(C=O)C=O)cc3)cc2)cc1. The molecule has 208 valence electrons. The van der Waals surface area contributed by atoms with E-state index in [9.17, 15) is 24.0 Å². The number of carbonyl (C=O) groups excluding carboxylic acids is 6. The number of carbonyl (C=O) groups is 6. The maximum atomic E-state index is 12.6. The summed E-state index contributed by atoms with van der Waals surface area (Å²) in [7, 11) is 1.76. The van der Waals surface area contributed by atoms with E-state index in [4.69, 9.17) is 4.79 Å². The number of anilines is 2. The van der Waals surface area contributed by atoms with E-state index in [-0.39, 0.29) is 24.3 Å². The van der Waals surface area contributed by atoms with Gasteiger partial charge in [0, 0.05) is 49.6 Å². The summed E-state index contributed by atoms with van der Waals surface area (Å²) in [5, 5.41) is 5.65. The number of rotatable bonds is 12. The molecule has 0 fully saturated rings. The molecule has 3 aromatic rings. The van der Waals surface area contributed by atoms with Crippen LogP contribution in [-0.4, -0.2) is 67.3 Å². The van der Waals surface area contributed by atoms with Gasteiger partial charge in [0.2, 0.25) is 18.7 Å². The van der Waals surface area contributed by atoms with Crippen molar-refractivity contribution in [3.63, 3.8) is 0 Å². The second-order valence-corrected chi connectivity index (χ2v) is 8.77. The van der Waals surface area contributed by atoms with Crippen LogP contribution in [0, 0.1) is 0 Å². The van der Waals surface area contributed by atoms with E-state index in [2.05, 4.69) is 10.6 Å². The van der Waals surface area contributed by atoms with Crippen LogP contribution in [-0.2, 0) is 32.0 Å². The Morgan fingerprint density at radius 1 is 0.675 bits per heavy atom. The first-order chi connectivity index (χ1) is 19.3. The van der Waals surface area contributed by atoms with Crippen LogP contribution in [0.1, 0.15) is 38.8 Å². The van der Waals surface area contributed by atoms with Crippen molar-refractivity contribution in [3.8, 4) is 0 Å². The molecule has 0 aliphatic rings. The summed E-state index contributed by atoms with van der Waals surface area (Å²) >= 11 is 0. The van der Waals surface area contributed by atoms with Crippen molar-refractivity contribution in [1.82, 2.24) is 9.80 Å². The van der Waals surface area contributed by atoms with Crippen molar-refractivity contribution >= 4 is 48.7 Å². The second-order valence-electron chi connectivity index (χ2n) is 8.77. The number of imide groups is 1. The minimum atomic E-state index is -0.316. The molecule has 2 N–H and O–H groups in total. The van der Waals surface area contributed by atoms with Crippen LogP contribution in [0.5, 0.6) is 0 Å². The maximum absolute atomic E-state index is 12.6. The zero-order chi connectivity index (χ0) is 29.5. The quantitative estimate of drug-likeness (QED) is 0.337. The Bertz CT molecular complexity index is 1280. The number of hydrogen-bond donors (Lipinski definition) is 2. The van der Waals surface area contributed by atoms with Crippen molar-refractivity contribution < 1.29 is 28.8 Å². The molecule has 0 atom stereocenters. The molecular formula is C30H32N4O6. The molecule has 0 aromatic heterocycles. The normalized spacial score (nSPS) is 9.85. The molecule has 0 bridgehead atoms. The summed E-state index contributed by atoms with van der Waals surface area (Å²) in [5.41, 5.74) is 4.04. The van der Waals surface area contributed by atoms with Gasteiger partial charge < -0.3 is 20.3 Å². The third kappa shape index (κ3) is 9.64. The summed E-state index contributed by atoms with van der Waals surface area (Å²) in [6, 6.07) is 20.9. The molecule has 0 aliphatic carbocycles. The zero-order valence-electron chi connectivity index (χ0n) is 22.5. The van der Waals surface area contributed by atoms with Crippen LogP contribution < -0.4 is 10.6 Å². The number of hydrogen-bond acceptors (Lipinski definition) is 6. The molecule has 0 saturated heterocycles. The van der Waals surface area contributed by atoms with E-state index in [0.717, 1.165) is 22.4 Å². The van der Waals surface area contributed by atoms with Crippen molar-refractivity contribution in [2.45, 2.75) is 19.8 Å². The molecule has 0 heterocycles. The highest BCUT2D eigenvalue weighted by atomic mass is 16.2. The lowest BCUT2D eigenvalue weighted by Crippen LogP contribution is -2.26. The Balaban J connectivity index is 0.00000274. The average Bonchev–Trinajstić information content (AvgIpc) is 2.99.